The molecule has 0 bridgehead atoms. The van der Waals surface area contributed by atoms with E-state index < -0.39 is 0 Å². The largest absolute Gasteiger partial charge is 0.239 e. The van der Waals surface area contributed by atoms with Gasteiger partial charge < -0.3 is 0 Å². The minimum absolute atomic E-state index is 0.703. The summed E-state index contributed by atoms with van der Waals surface area (Å²) in [6.07, 6.45) is 1.76. The Bertz CT molecular complexity index is 975. The molecule has 4 nitrogen and oxygen atoms in total. The van der Waals surface area contributed by atoms with Gasteiger partial charge in [-0.1, -0.05) is 41.9 Å². The second kappa shape index (κ2) is 5.48. The highest BCUT2D eigenvalue weighted by Crippen LogP contribution is 2.30. The molecule has 0 radical (unpaired) electrons. The normalized spacial score (nSPS) is 11.0. The lowest BCUT2D eigenvalue weighted by atomic mass is 10.1. The van der Waals surface area contributed by atoms with Gasteiger partial charge in [-0.3, -0.25) is 0 Å². The number of para-hydroxylation sites is 1. The zero-order valence-electron chi connectivity index (χ0n) is 12.4. The molecule has 0 unspecified atom stereocenters. The summed E-state index contributed by atoms with van der Waals surface area (Å²) in [7, 11) is 0. The SMILES string of the molecule is Cc1ncc2nn(-c3ccccc3)c(-c3ccc(Cl)cc3)c2n1. The number of hydrogen-bond acceptors (Lipinski definition) is 3. The molecule has 0 aliphatic carbocycles. The molecule has 0 saturated carbocycles. The summed E-state index contributed by atoms with van der Waals surface area (Å²) in [5, 5.41) is 5.38. The lowest BCUT2D eigenvalue weighted by Crippen LogP contribution is -1.98. The summed E-state index contributed by atoms with van der Waals surface area (Å²) >= 11 is 6.03. The number of fused-ring (bicyclic) bond motifs is 1. The van der Waals surface area contributed by atoms with Gasteiger partial charge in [-0.15, -0.1) is 0 Å². The first-order valence-electron chi connectivity index (χ1n) is 7.26. The van der Waals surface area contributed by atoms with Crippen molar-refractivity contribution in [2.45, 2.75) is 6.92 Å². The Kier molecular flexibility index (Phi) is 3.32. The van der Waals surface area contributed by atoms with E-state index in [1.807, 2.05) is 66.2 Å². The van der Waals surface area contributed by atoms with Gasteiger partial charge in [-0.05, 0) is 31.2 Å². The van der Waals surface area contributed by atoms with Gasteiger partial charge in [0, 0.05) is 10.6 Å². The number of benzene rings is 2. The topological polar surface area (TPSA) is 43.6 Å². The third-order valence-corrected chi connectivity index (χ3v) is 3.90. The van der Waals surface area contributed by atoms with Crippen LogP contribution in [0, 0.1) is 6.92 Å². The van der Waals surface area contributed by atoms with E-state index in [2.05, 4.69) is 15.1 Å². The summed E-state index contributed by atoms with van der Waals surface area (Å²) in [6.45, 7) is 1.88. The van der Waals surface area contributed by atoms with Crippen molar-refractivity contribution < 1.29 is 0 Å². The third kappa shape index (κ3) is 2.47. The van der Waals surface area contributed by atoms with Gasteiger partial charge in [-0.25, -0.2) is 14.6 Å². The minimum Gasteiger partial charge on any atom is -0.239 e. The average molecular weight is 321 g/mol. The summed E-state index contributed by atoms with van der Waals surface area (Å²) in [4.78, 5) is 8.85. The molecule has 0 atom stereocenters. The Balaban J connectivity index is 2.06. The first-order valence-corrected chi connectivity index (χ1v) is 7.64. The molecule has 2 aromatic carbocycles. The maximum Gasteiger partial charge on any atom is 0.130 e. The molecule has 112 valence electrons. The van der Waals surface area contributed by atoms with Crippen molar-refractivity contribution in [1.82, 2.24) is 19.7 Å². The highest BCUT2D eigenvalue weighted by Gasteiger charge is 2.16. The molecule has 5 heteroatoms. The van der Waals surface area contributed by atoms with Crippen molar-refractivity contribution in [3.05, 3.63) is 71.6 Å². The number of hydrogen-bond donors (Lipinski definition) is 0. The van der Waals surface area contributed by atoms with Crippen LogP contribution in [0.2, 0.25) is 5.02 Å². The van der Waals surface area contributed by atoms with Crippen LogP contribution in [-0.4, -0.2) is 19.7 Å². The minimum atomic E-state index is 0.703. The van der Waals surface area contributed by atoms with Crippen molar-refractivity contribution in [2.75, 3.05) is 0 Å². The fourth-order valence-corrected chi connectivity index (χ4v) is 2.72. The zero-order chi connectivity index (χ0) is 15.8. The van der Waals surface area contributed by atoms with Gasteiger partial charge >= 0.3 is 0 Å². The van der Waals surface area contributed by atoms with Gasteiger partial charge in [0.15, 0.2) is 0 Å². The molecule has 0 saturated heterocycles. The van der Waals surface area contributed by atoms with Gasteiger partial charge in [0.25, 0.3) is 0 Å². The fourth-order valence-electron chi connectivity index (χ4n) is 2.59. The molecule has 0 spiro atoms. The Morgan fingerprint density at radius 1 is 0.957 bits per heavy atom. The summed E-state index contributed by atoms with van der Waals surface area (Å²) < 4.78 is 1.90. The first-order chi connectivity index (χ1) is 11.2. The van der Waals surface area contributed by atoms with Gasteiger partial charge in [0.2, 0.25) is 0 Å². The van der Waals surface area contributed by atoms with Crippen LogP contribution in [0.1, 0.15) is 5.82 Å². The molecule has 0 aliphatic rings. The van der Waals surface area contributed by atoms with Crippen LogP contribution in [0.25, 0.3) is 28.0 Å². The maximum atomic E-state index is 6.03. The van der Waals surface area contributed by atoms with E-state index in [-0.39, 0.29) is 0 Å². The fraction of sp³-hybridized carbons (Fsp3) is 0.0556. The lowest BCUT2D eigenvalue weighted by molar-refractivity contribution is 0.903. The quantitative estimate of drug-likeness (QED) is 0.548. The van der Waals surface area contributed by atoms with Crippen molar-refractivity contribution in [1.29, 1.82) is 0 Å². The number of rotatable bonds is 2. The van der Waals surface area contributed by atoms with Crippen LogP contribution in [0.15, 0.2) is 60.8 Å². The molecule has 0 fully saturated rings. The van der Waals surface area contributed by atoms with E-state index in [0.29, 0.717) is 5.02 Å². The highest BCUT2D eigenvalue weighted by atomic mass is 35.5. The molecule has 2 heterocycles. The Morgan fingerprint density at radius 3 is 2.43 bits per heavy atom. The number of nitrogens with zero attached hydrogens (tertiary/aromatic N) is 4. The summed E-state index contributed by atoms with van der Waals surface area (Å²) in [5.74, 6) is 0.723. The maximum absolute atomic E-state index is 6.03. The van der Waals surface area contributed by atoms with E-state index in [4.69, 9.17) is 11.6 Å². The average Bonchev–Trinajstić information content (AvgIpc) is 2.95. The highest BCUT2D eigenvalue weighted by molar-refractivity contribution is 6.30. The molecule has 0 aliphatic heterocycles. The van der Waals surface area contributed by atoms with E-state index in [9.17, 15) is 0 Å². The van der Waals surface area contributed by atoms with E-state index in [1.165, 1.54) is 0 Å². The zero-order valence-corrected chi connectivity index (χ0v) is 13.2. The molecular weight excluding hydrogens is 308 g/mol. The molecule has 0 amide bonds. The van der Waals surface area contributed by atoms with Crippen molar-refractivity contribution >= 4 is 22.6 Å². The second-order valence-corrected chi connectivity index (χ2v) is 5.69. The van der Waals surface area contributed by atoms with Crippen LogP contribution >= 0.6 is 11.6 Å². The second-order valence-electron chi connectivity index (χ2n) is 5.25. The number of aryl methyl sites for hydroxylation is 1. The molecule has 0 N–H and O–H groups in total. The van der Waals surface area contributed by atoms with Crippen molar-refractivity contribution in [3.8, 4) is 16.9 Å². The van der Waals surface area contributed by atoms with Crippen LogP contribution in [-0.2, 0) is 0 Å². The predicted molar refractivity (Wildman–Crippen MR) is 91.8 cm³/mol. The van der Waals surface area contributed by atoms with Crippen LogP contribution < -0.4 is 0 Å². The molecular formula is C18H13ClN4. The number of aromatic nitrogens is 4. The molecule has 4 rings (SSSR count). The van der Waals surface area contributed by atoms with Crippen LogP contribution in [0.4, 0.5) is 0 Å². The molecule has 4 aromatic rings. The van der Waals surface area contributed by atoms with Crippen molar-refractivity contribution in [3.63, 3.8) is 0 Å². The first kappa shape index (κ1) is 13.9. The summed E-state index contributed by atoms with van der Waals surface area (Å²) in [5.41, 5.74) is 4.54. The lowest BCUT2D eigenvalue weighted by Gasteiger charge is -2.07. The third-order valence-electron chi connectivity index (χ3n) is 3.65. The van der Waals surface area contributed by atoms with E-state index in [0.717, 1.165) is 33.8 Å². The number of halogens is 1. The monoisotopic (exact) mass is 320 g/mol. The Labute approximate surface area is 138 Å². The standard InChI is InChI=1S/C18H13ClN4/c1-12-20-11-16-17(21-12)18(13-7-9-14(19)10-8-13)23(22-16)15-5-3-2-4-6-15/h2-11H,1H3. The Hall–Kier alpha value is -2.72. The van der Waals surface area contributed by atoms with Crippen LogP contribution in [0.5, 0.6) is 0 Å². The smallest absolute Gasteiger partial charge is 0.130 e. The van der Waals surface area contributed by atoms with Gasteiger partial charge in [0.05, 0.1) is 11.9 Å². The van der Waals surface area contributed by atoms with Crippen LogP contribution in [0.3, 0.4) is 0 Å². The molecule has 2 aromatic heterocycles. The van der Waals surface area contributed by atoms with Crippen molar-refractivity contribution in [2.24, 2.45) is 0 Å². The van der Waals surface area contributed by atoms with Gasteiger partial charge in [0.1, 0.15) is 22.6 Å². The predicted octanol–water partition coefficient (Wildman–Crippen LogP) is 4.44. The van der Waals surface area contributed by atoms with E-state index >= 15 is 0 Å². The van der Waals surface area contributed by atoms with E-state index in [1.54, 1.807) is 6.20 Å². The molecule has 23 heavy (non-hydrogen) atoms. The summed E-state index contributed by atoms with van der Waals surface area (Å²) in [6, 6.07) is 17.7. The van der Waals surface area contributed by atoms with Gasteiger partial charge in [-0.2, -0.15) is 5.10 Å². The Morgan fingerprint density at radius 2 is 1.70 bits per heavy atom.